The molecule has 1 aliphatic rings. The van der Waals surface area contributed by atoms with E-state index in [2.05, 4.69) is 32.0 Å². The molecule has 1 aliphatic carbocycles. The number of rotatable bonds is 6. The fraction of sp³-hybridized carbons (Fsp3) is 0.647. The quantitative estimate of drug-likeness (QED) is 0.790. The average molecular weight is 293 g/mol. The maximum Gasteiger partial charge on any atom is 0.0613 e. The second-order valence-electron chi connectivity index (χ2n) is 6.32. The first-order valence-corrected chi connectivity index (χ1v) is 8.73. The van der Waals surface area contributed by atoms with Gasteiger partial charge in [-0.15, -0.1) is 0 Å². The highest BCUT2D eigenvalue weighted by Gasteiger charge is 2.38. The number of aryl methyl sites for hydroxylation is 2. The predicted molar refractivity (Wildman–Crippen MR) is 88.0 cm³/mol. The minimum Gasteiger partial charge on any atom is -0.394 e. The van der Waals surface area contributed by atoms with E-state index in [-0.39, 0.29) is 12.1 Å². The summed E-state index contributed by atoms with van der Waals surface area (Å²) in [5.41, 5.74) is 10.1. The Morgan fingerprint density at radius 3 is 2.65 bits per heavy atom. The van der Waals surface area contributed by atoms with E-state index in [9.17, 15) is 5.11 Å². The van der Waals surface area contributed by atoms with Crippen LogP contribution in [0.4, 0.5) is 0 Å². The fourth-order valence-electron chi connectivity index (χ4n) is 3.38. The van der Waals surface area contributed by atoms with E-state index in [4.69, 9.17) is 5.73 Å². The monoisotopic (exact) mass is 293 g/mol. The molecule has 1 saturated carbocycles. The molecule has 0 aliphatic heterocycles. The molecule has 0 saturated heterocycles. The van der Waals surface area contributed by atoms with Gasteiger partial charge in [-0.1, -0.05) is 35.7 Å². The van der Waals surface area contributed by atoms with E-state index in [0.29, 0.717) is 5.92 Å². The third-order valence-electron chi connectivity index (χ3n) is 4.46. The molecule has 2 unspecified atom stereocenters. The standard InChI is InChI=1S/C17H27NOS/c1-13-8-14(2)10-15(9-13)11-20-7-5-16-4-3-6-17(16,18)12-19/h8-10,16,19H,3-7,11-12,18H2,1-2H3. The maximum absolute atomic E-state index is 9.46. The molecule has 1 aromatic carbocycles. The van der Waals surface area contributed by atoms with E-state index in [1.54, 1.807) is 0 Å². The van der Waals surface area contributed by atoms with Crippen LogP contribution in [-0.2, 0) is 5.75 Å². The number of nitrogens with two attached hydrogens (primary N) is 1. The summed E-state index contributed by atoms with van der Waals surface area (Å²) in [4.78, 5) is 0. The van der Waals surface area contributed by atoms with Crippen LogP contribution in [0.25, 0.3) is 0 Å². The summed E-state index contributed by atoms with van der Waals surface area (Å²) in [5.74, 6) is 2.71. The zero-order valence-corrected chi connectivity index (χ0v) is 13.5. The van der Waals surface area contributed by atoms with Crippen molar-refractivity contribution in [1.29, 1.82) is 0 Å². The topological polar surface area (TPSA) is 46.2 Å². The Labute approximate surface area is 127 Å². The zero-order valence-electron chi connectivity index (χ0n) is 12.7. The Hall–Kier alpha value is -0.510. The van der Waals surface area contributed by atoms with Gasteiger partial charge in [0.05, 0.1) is 6.61 Å². The molecule has 2 nitrogen and oxygen atoms in total. The largest absolute Gasteiger partial charge is 0.394 e. The maximum atomic E-state index is 9.46. The summed E-state index contributed by atoms with van der Waals surface area (Å²) in [6, 6.07) is 6.77. The third kappa shape index (κ3) is 4.00. The summed E-state index contributed by atoms with van der Waals surface area (Å²) in [5, 5.41) is 9.46. The SMILES string of the molecule is Cc1cc(C)cc(CSCCC2CCCC2(N)CO)c1. The lowest BCUT2D eigenvalue weighted by Gasteiger charge is -2.29. The van der Waals surface area contributed by atoms with Gasteiger partial charge in [-0.25, -0.2) is 0 Å². The highest BCUT2D eigenvalue weighted by molar-refractivity contribution is 7.98. The summed E-state index contributed by atoms with van der Waals surface area (Å²) >= 11 is 1.98. The minimum atomic E-state index is -0.305. The van der Waals surface area contributed by atoms with Crippen molar-refractivity contribution in [1.82, 2.24) is 0 Å². The van der Waals surface area contributed by atoms with Gasteiger partial charge in [0.25, 0.3) is 0 Å². The van der Waals surface area contributed by atoms with Crippen molar-refractivity contribution in [3.8, 4) is 0 Å². The molecule has 0 heterocycles. The van der Waals surface area contributed by atoms with Crippen molar-refractivity contribution < 1.29 is 5.11 Å². The lowest BCUT2D eigenvalue weighted by molar-refractivity contribution is 0.158. The van der Waals surface area contributed by atoms with Crippen molar-refractivity contribution in [3.63, 3.8) is 0 Å². The molecule has 1 fully saturated rings. The van der Waals surface area contributed by atoms with Crippen LogP contribution >= 0.6 is 11.8 Å². The molecule has 20 heavy (non-hydrogen) atoms. The molecular weight excluding hydrogens is 266 g/mol. The van der Waals surface area contributed by atoms with Crippen molar-refractivity contribution in [2.45, 2.75) is 50.8 Å². The number of hydrogen-bond donors (Lipinski definition) is 2. The summed E-state index contributed by atoms with van der Waals surface area (Å²) < 4.78 is 0. The minimum absolute atomic E-state index is 0.138. The van der Waals surface area contributed by atoms with Crippen LogP contribution in [0.1, 0.15) is 42.4 Å². The lowest BCUT2D eigenvalue weighted by atomic mass is 9.87. The number of aliphatic hydroxyl groups is 1. The first kappa shape index (κ1) is 15.9. The average Bonchev–Trinajstić information content (AvgIpc) is 2.76. The van der Waals surface area contributed by atoms with Crippen LogP contribution in [0.5, 0.6) is 0 Å². The van der Waals surface area contributed by atoms with Crippen molar-refractivity contribution in [2.24, 2.45) is 11.7 Å². The Kier molecular flexibility index (Phi) is 5.53. The van der Waals surface area contributed by atoms with Crippen molar-refractivity contribution >= 4 is 11.8 Å². The van der Waals surface area contributed by atoms with Gasteiger partial charge in [0.1, 0.15) is 0 Å². The van der Waals surface area contributed by atoms with Gasteiger partial charge in [0.15, 0.2) is 0 Å². The third-order valence-corrected chi connectivity index (χ3v) is 5.52. The van der Waals surface area contributed by atoms with Crippen molar-refractivity contribution in [3.05, 3.63) is 34.9 Å². The van der Waals surface area contributed by atoms with Gasteiger partial charge in [-0.2, -0.15) is 11.8 Å². The molecule has 0 aromatic heterocycles. The number of aliphatic hydroxyl groups excluding tert-OH is 1. The van der Waals surface area contributed by atoms with Crippen LogP contribution in [-0.4, -0.2) is 23.0 Å². The first-order valence-electron chi connectivity index (χ1n) is 7.58. The molecule has 2 rings (SSSR count). The first-order chi connectivity index (χ1) is 9.53. The molecule has 112 valence electrons. The molecule has 0 radical (unpaired) electrons. The Balaban J connectivity index is 1.76. The molecule has 0 bridgehead atoms. The second-order valence-corrected chi connectivity index (χ2v) is 7.42. The molecule has 2 atom stereocenters. The molecule has 0 spiro atoms. The zero-order chi connectivity index (χ0) is 14.6. The molecule has 3 heteroatoms. The van der Waals surface area contributed by atoms with E-state index < -0.39 is 0 Å². The van der Waals surface area contributed by atoms with Gasteiger partial charge < -0.3 is 10.8 Å². The summed E-state index contributed by atoms with van der Waals surface area (Å²) in [6.45, 7) is 4.45. The van der Waals surface area contributed by atoms with Crippen LogP contribution in [0, 0.1) is 19.8 Å². The van der Waals surface area contributed by atoms with E-state index >= 15 is 0 Å². The highest BCUT2D eigenvalue weighted by atomic mass is 32.2. The van der Waals surface area contributed by atoms with Gasteiger partial charge in [-0.05, 0) is 50.3 Å². The summed E-state index contributed by atoms with van der Waals surface area (Å²) in [7, 11) is 0. The molecule has 3 N–H and O–H groups in total. The van der Waals surface area contributed by atoms with E-state index in [0.717, 1.165) is 24.3 Å². The van der Waals surface area contributed by atoms with E-state index in [1.165, 1.54) is 29.5 Å². The van der Waals surface area contributed by atoms with Gasteiger partial charge in [0, 0.05) is 11.3 Å². The molecule has 1 aromatic rings. The normalized spacial score (nSPS) is 26.1. The Bertz CT molecular complexity index is 428. The van der Waals surface area contributed by atoms with Gasteiger partial charge >= 0.3 is 0 Å². The highest BCUT2D eigenvalue weighted by Crippen LogP contribution is 2.36. The molecular formula is C17H27NOS. The fourth-order valence-corrected chi connectivity index (χ4v) is 4.37. The van der Waals surface area contributed by atoms with Crippen LogP contribution < -0.4 is 5.73 Å². The second kappa shape index (κ2) is 6.97. The van der Waals surface area contributed by atoms with Crippen LogP contribution in [0.3, 0.4) is 0 Å². The van der Waals surface area contributed by atoms with Crippen molar-refractivity contribution in [2.75, 3.05) is 12.4 Å². The predicted octanol–water partition coefficient (Wildman–Crippen LogP) is 3.42. The van der Waals surface area contributed by atoms with Gasteiger partial charge in [0.2, 0.25) is 0 Å². The Morgan fingerprint density at radius 1 is 1.30 bits per heavy atom. The van der Waals surface area contributed by atoms with E-state index in [1.807, 2.05) is 11.8 Å². The number of hydrogen-bond acceptors (Lipinski definition) is 3. The Morgan fingerprint density at radius 2 is 2.00 bits per heavy atom. The van der Waals surface area contributed by atoms with Gasteiger partial charge in [-0.3, -0.25) is 0 Å². The smallest absolute Gasteiger partial charge is 0.0613 e. The molecule has 0 amide bonds. The lowest BCUT2D eigenvalue weighted by Crippen LogP contribution is -2.47. The summed E-state index contributed by atoms with van der Waals surface area (Å²) in [6.07, 6.45) is 4.47. The van der Waals surface area contributed by atoms with Crippen LogP contribution in [0.15, 0.2) is 18.2 Å². The number of thioether (sulfide) groups is 1. The van der Waals surface area contributed by atoms with Crippen LogP contribution in [0.2, 0.25) is 0 Å². The number of benzene rings is 1.